The molecule has 0 radical (unpaired) electrons. The van der Waals surface area contributed by atoms with Gasteiger partial charge in [0.25, 0.3) is 0 Å². The van der Waals surface area contributed by atoms with E-state index in [1.54, 1.807) is 12.1 Å². The molecule has 2 rings (SSSR count). The highest BCUT2D eigenvalue weighted by Gasteiger charge is 2.38. The monoisotopic (exact) mass is 306 g/mol. The number of hydrogen-bond donors (Lipinski definition) is 1. The molecule has 0 spiro atoms. The van der Waals surface area contributed by atoms with Crippen LogP contribution in [0.5, 0.6) is 0 Å². The van der Waals surface area contributed by atoms with Crippen LogP contribution < -0.4 is 5.43 Å². The van der Waals surface area contributed by atoms with Crippen molar-refractivity contribution in [2.24, 2.45) is 5.10 Å². The van der Waals surface area contributed by atoms with Crippen LogP contribution in [0.2, 0.25) is 0 Å². The van der Waals surface area contributed by atoms with Crippen molar-refractivity contribution in [2.75, 3.05) is 0 Å². The maximum Gasteiger partial charge on any atom is 0.473 e. The Hall–Kier alpha value is -2.63. The fourth-order valence-corrected chi connectivity index (χ4v) is 1.80. The second-order valence-electron chi connectivity index (χ2n) is 4.58. The van der Waals surface area contributed by atoms with Gasteiger partial charge in [-0.2, -0.15) is 18.3 Å². The predicted molar refractivity (Wildman–Crippen MR) is 78.3 cm³/mol. The lowest BCUT2D eigenvalue weighted by Gasteiger charge is -2.06. The number of rotatable bonds is 3. The quantitative estimate of drug-likeness (QED) is 0.681. The SMILES string of the molecule is CC(=NNC(=O)C(F)(F)F)c1ccc(-c2ccccc2)cc1. The molecule has 0 aromatic heterocycles. The Balaban J connectivity index is 2.12. The van der Waals surface area contributed by atoms with Crippen molar-refractivity contribution in [3.05, 3.63) is 60.2 Å². The van der Waals surface area contributed by atoms with E-state index in [0.717, 1.165) is 11.1 Å². The zero-order chi connectivity index (χ0) is 16.2. The summed E-state index contributed by atoms with van der Waals surface area (Å²) in [5.74, 6) is -2.09. The average Bonchev–Trinajstić information content (AvgIpc) is 2.52. The van der Waals surface area contributed by atoms with E-state index in [4.69, 9.17) is 0 Å². The molecule has 2 aromatic rings. The summed E-state index contributed by atoms with van der Waals surface area (Å²) < 4.78 is 36.2. The summed E-state index contributed by atoms with van der Waals surface area (Å²) >= 11 is 0. The summed E-state index contributed by atoms with van der Waals surface area (Å²) in [5, 5.41) is 3.46. The third-order valence-electron chi connectivity index (χ3n) is 2.99. The summed E-state index contributed by atoms with van der Waals surface area (Å²) in [4.78, 5) is 10.7. The smallest absolute Gasteiger partial charge is 0.263 e. The molecule has 0 atom stereocenters. The zero-order valence-electron chi connectivity index (χ0n) is 11.7. The van der Waals surface area contributed by atoms with Gasteiger partial charge in [0, 0.05) is 0 Å². The lowest BCUT2D eigenvalue weighted by Crippen LogP contribution is -2.34. The number of hydrogen-bond acceptors (Lipinski definition) is 2. The van der Waals surface area contributed by atoms with Crippen molar-refractivity contribution < 1.29 is 18.0 Å². The van der Waals surface area contributed by atoms with Crippen molar-refractivity contribution in [2.45, 2.75) is 13.1 Å². The van der Waals surface area contributed by atoms with E-state index in [9.17, 15) is 18.0 Å². The normalized spacial score (nSPS) is 12.1. The van der Waals surface area contributed by atoms with Crippen molar-refractivity contribution in [3.8, 4) is 11.1 Å². The van der Waals surface area contributed by atoms with Crippen molar-refractivity contribution in [3.63, 3.8) is 0 Å². The highest BCUT2D eigenvalue weighted by molar-refractivity contribution is 5.99. The van der Waals surface area contributed by atoms with Gasteiger partial charge in [-0.3, -0.25) is 4.79 Å². The van der Waals surface area contributed by atoms with Crippen molar-refractivity contribution >= 4 is 11.6 Å². The van der Waals surface area contributed by atoms with Gasteiger partial charge in [0.1, 0.15) is 0 Å². The van der Waals surface area contributed by atoms with Gasteiger partial charge >= 0.3 is 12.1 Å². The number of halogens is 3. The number of alkyl halides is 3. The Kier molecular flexibility index (Phi) is 4.60. The van der Waals surface area contributed by atoms with Gasteiger partial charge in [0.2, 0.25) is 0 Å². The maximum atomic E-state index is 12.1. The van der Waals surface area contributed by atoms with Gasteiger partial charge in [-0.1, -0.05) is 54.6 Å². The van der Waals surface area contributed by atoms with Crippen LogP contribution in [-0.2, 0) is 4.79 Å². The molecule has 2 aromatic carbocycles. The fraction of sp³-hybridized carbons (Fsp3) is 0.125. The average molecular weight is 306 g/mol. The first-order chi connectivity index (χ1) is 10.4. The van der Waals surface area contributed by atoms with E-state index in [1.165, 1.54) is 12.3 Å². The van der Waals surface area contributed by atoms with E-state index < -0.39 is 12.1 Å². The van der Waals surface area contributed by atoms with Crippen LogP contribution >= 0.6 is 0 Å². The topological polar surface area (TPSA) is 41.5 Å². The van der Waals surface area contributed by atoms with Gasteiger partial charge in [-0.25, -0.2) is 5.43 Å². The second-order valence-corrected chi connectivity index (χ2v) is 4.58. The molecule has 0 saturated carbocycles. The van der Waals surface area contributed by atoms with Crippen molar-refractivity contribution in [1.29, 1.82) is 0 Å². The summed E-state index contributed by atoms with van der Waals surface area (Å²) in [5.41, 5.74) is 4.43. The van der Waals surface area contributed by atoms with Crippen LogP contribution in [0.15, 0.2) is 59.7 Å². The number of nitrogens with one attached hydrogen (secondary N) is 1. The van der Waals surface area contributed by atoms with Gasteiger partial charge in [-0.05, 0) is 23.6 Å². The lowest BCUT2D eigenvalue weighted by atomic mass is 10.0. The molecule has 0 aliphatic rings. The summed E-state index contributed by atoms with van der Waals surface area (Å²) in [6, 6.07) is 16.8. The van der Waals surface area contributed by atoms with E-state index in [-0.39, 0.29) is 5.71 Å². The zero-order valence-corrected chi connectivity index (χ0v) is 11.7. The highest BCUT2D eigenvalue weighted by Crippen LogP contribution is 2.19. The molecule has 0 bridgehead atoms. The Bertz CT molecular complexity index is 677. The van der Waals surface area contributed by atoms with Crippen LogP contribution in [0.3, 0.4) is 0 Å². The molecule has 0 aliphatic carbocycles. The first-order valence-corrected chi connectivity index (χ1v) is 6.45. The third kappa shape index (κ3) is 3.94. The number of carbonyl (C=O) groups is 1. The van der Waals surface area contributed by atoms with Crippen LogP contribution in [0.4, 0.5) is 13.2 Å². The van der Waals surface area contributed by atoms with E-state index in [1.807, 2.05) is 42.5 Å². The molecular formula is C16H13F3N2O. The van der Waals surface area contributed by atoms with Gasteiger partial charge < -0.3 is 0 Å². The number of benzene rings is 2. The number of amides is 1. The third-order valence-corrected chi connectivity index (χ3v) is 2.99. The largest absolute Gasteiger partial charge is 0.473 e. The molecule has 22 heavy (non-hydrogen) atoms. The standard InChI is InChI=1S/C16H13F3N2O/c1-11(20-21-15(22)16(17,18)19)12-7-9-14(10-8-12)13-5-3-2-4-6-13/h2-10H,1H3,(H,21,22). The van der Waals surface area contributed by atoms with E-state index >= 15 is 0 Å². The lowest BCUT2D eigenvalue weighted by molar-refractivity contribution is -0.173. The highest BCUT2D eigenvalue weighted by atomic mass is 19.4. The van der Waals surface area contributed by atoms with Crippen molar-refractivity contribution in [1.82, 2.24) is 5.43 Å². The first-order valence-electron chi connectivity index (χ1n) is 6.45. The van der Waals surface area contributed by atoms with Gasteiger partial charge in [0.15, 0.2) is 0 Å². The summed E-state index contributed by atoms with van der Waals surface area (Å²) in [6.45, 7) is 1.52. The predicted octanol–water partition coefficient (Wildman–Crippen LogP) is 3.76. The molecule has 3 nitrogen and oxygen atoms in total. The fourth-order valence-electron chi connectivity index (χ4n) is 1.80. The summed E-state index contributed by atoms with van der Waals surface area (Å²) in [7, 11) is 0. The van der Waals surface area contributed by atoms with Crippen LogP contribution in [0.25, 0.3) is 11.1 Å². The number of nitrogens with zero attached hydrogens (tertiary/aromatic N) is 1. The minimum atomic E-state index is -4.94. The van der Waals surface area contributed by atoms with Crippen LogP contribution in [0.1, 0.15) is 12.5 Å². The van der Waals surface area contributed by atoms with E-state index in [0.29, 0.717) is 5.56 Å². The molecule has 6 heteroatoms. The molecule has 0 fully saturated rings. The number of hydrazone groups is 1. The minimum Gasteiger partial charge on any atom is -0.263 e. The molecule has 1 amide bonds. The molecule has 0 heterocycles. The molecular weight excluding hydrogens is 293 g/mol. The van der Waals surface area contributed by atoms with Gasteiger partial charge in [0.05, 0.1) is 5.71 Å². The summed E-state index contributed by atoms with van der Waals surface area (Å²) in [6.07, 6.45) is -4.94. The van der Waals surface area contributed by atoms with Gasteiger partial charge in [-0.15, -0.1) is 0 Å². The molecule has 0 aliphatic heterocycles. The minimum absolute atomic E-state index is 0.289. The maximum absolute atomic E-state index is 12.1. The van der Waals surface area contributed by atoms with Crippen LogP contribution in [-0.4, -0.2) is 17.8 Å². The van der Waals surface area contributed by atoms with Crippen LogP contribution in [0, 0.1) is 0 Å². The molecule has 0 saturated heterocycles. The van der Waals surface area contributed by atoms with E-state index in [2.05, 4.69) is 5.10 Å². The Morgan fingerprint density at radius 2 is 1.50 bits per heavy atom. The molecule has 1 N–H and O–H groups in total. The Labute approximate surface area is 125 Å². The molecule has 114 valence electrons. The first kappa shape index (κ1) is 15.8. The molecule has 0 unspecified atom stereocenters. The Morgan fingerprint density at radius 1 is 0.955 bits per heavy atom. The number of carbonyl (C=O) groups excluding carboxylic acids is 1. The Morgan fingerprint density at radius 3 is 2.05 bits per heavy atom. The second kappa shape index (κ2) is 6.43.